The maximum absolute atomic E-state index is 7.44. The van der Waals surface area contributed by atoms with Gasteiger partial charge in [0.15, 0.2) is 5.58 Å². The molecule has 0 fully saturated rings. The quantitative estimate of drug-likeness (QED) is 0.164. The zero-order valence-corrected chi connectivity index (χ0v) is 45.8. The SMILES string of the molecule is CC(C)(C)c1ccc(N2c3c(sc4cc5c(cc34)C(C)(C)CCC5(C)C)B3c4c(cc5c(oc6ccccc65)c42)-c2cc4c(cc2N3c2ccc(-c3ccccc3)cc2)C(C)(C)c2ccccc2-4)c(-c2ccccc2)c1. The molecule has 4 aliphatic rings. The van der Waals surface area contributed by atoms with Crippen molar-refractivity contribution in [3.63, 3.8) is 0 Å². The molecule has 11 aromatic rings. The average Bonchev–Trinajstić information content (AvgIpc) is 4.17. The third-order valence-corrected chi connectivity index (χ3v) is 19.5. The molecule has 2 aliphatic carbocycles. The van der Waals surface area contributed by atoms with Gasteiger partial charge in [-0.1, -0.05) is 184 Å². The Kier molecular flexibility index (Phi) is 9.48. The van der Waals surface area contributed by atoms with E-state index in [9.17, 15) is 0 Å². The normalized spacial score (nSPS) is 16.4. The molecule has 9 aromatic carbocycles. The molecule has 0 spiro atoms. The van der Waals surface area contributed by atoms with Crippen molar-refractivity contribution in [1.82, 2.24) is 0 Å². The molecule has 15 rings (SSSR count). The van der Waals surface area contributed by atoms with E-state index in [0.29, 0.717) is 0 Å². The zero-order valence-electron chi connectivity index (χ0n) is 45.0. The van der Waals surface area contributed by atoms with Gasteiger partial charge in [-0.3, -0.25) is 0 Å². The van der Waals surface area contributed by atoms with Gasteiger partial charge in [0.05, 0.1) is 17.1 Å². The van der Waals surface area contributed by atoms with Crippen molar-refractivity contribution in [1.29, 1.82) is 0 Å². The highest BCUT2D eigenvalue weighted by Gasteiger charge is 2.51. The van der Waals surface area contributed by atoms with Crippen molar-refractivity contribution >= 4 is 88.9 Å². The van der Waals surface area contributed by atoms with E-state index in [-0.39, 0.29) is 28.5 Å². The van der Waals surface area contributed by atoms with Crippen LogP contribution in [-0.4, -0.2) is 6.85 Å². The lowest BCUT2D eigenvalue weighted by Crippen LogP contribution is -2.60. The summed E-state index contributed by atoms with van der Waals surface area (Å²) in [6.07, 6.45) is 2.30. The molecule has 0 saturated heterocycles. The topological polar surface area (TPSA) is 19.6 Å². The van der Waals surface area contributed by atoms with Crippen LogP contribution in [-0.2, 0) is 21.7 Å². The van der Waals surface area contributed by atoms with Gasteiger partial charge in [-0.2, -0.15) is 0 Å². The first-order chi connectivity index (χ1) is 36.6. The number of anilines is 5. The molecule has 2 aliphatic heterocycles. The number of thiophene rings is 1. The second-order valence-electron chi connectivity index (χ2n) is 25.1. The first-order valence-electron chi connectivity index (χ1n) is 27.4. The predicted molar refractivity (Wildman–Crippen MR) is 325 cm³/mol. The first kappa shape index (κ1) is 45.8. The van der Waals surface area contributed by atoms with E-state index in [1.165, 1.54) is 110 Å². The van der Waals surface area contributed by atoms with Gasteiger partial charge in [-0.05, 0) is 156 Å². The van der Waals surface area contributed by atoms with Crippen LogP contribution in [0.2, 0.25) is 0 Å². The average molecular weight is 1000 g/mol. The standard InChI is InChI=1S/C71H61BN2OS/c1-68(2,3)45-30-33-59(49(36-45)44-22-14-11-15-23-44)73-64-54-39-57-58(70(6,7)35-34-69(57,4)5)41-62(54)76-67(64)72-63-52(38-53-48-25-17-19-27-61(48)75-66(53)65(63)73)51-37-50-47-24-16-18-26-55(47)71(8,9)56(50)40-60(51)74(72)46-31-28-43(29-32-46)42-20-12-10-13-21-42/h10-33,36-41H,34-35H2,1-9H3. The number of para-hydroxylation sites is 1. The zero-order chi connectivity index (χ0) is 51.8. The lowest BCUT2D eigenvalue weighted by atomic mass is 9.46. The number of hydrogen-bond donors (Lipinski definition) is 0. The highest BCUT2D eigenvalue weighted by atomic mass is 32.1. The van der Waals surface area contributed by atoms with E-state index in [0.717, 1.165) is 46.2 Å². The summed E-state index contributed by atoms with van der Waals surface area (Å²) in [5.41, 5.74) is 25.8. The predicted octanol–water partition coefficient (Wildman–Crippen LogP) is 18.8. The summed E-state index contributed by atoms with van der Waals surface area (Å²) < 4.78 is 10.1. The molecule has 0 bridgehead atoms. The Morgan fingerprint density at radius 3 is 1.88 bits per heavy atom. The molecule has 0 N–H and O–H groups in total. The summed E-state index contributed by atoms with van der Waals surface area (Å²) in [6, 6.07) is 69.3. The number of nitrogens with zero attached hydrogens (tertiary/aromatic N) is 2. The fourth-order valence-corrected chi connectivity index (χ4v) is 15.3. The number of fused-ring (bicyclic) bond motifs is 14. The Balaban J connectivity index is 1.13. The number of furan rings is 1. The van der Waals surface area contributed by atoms with E-state index in [4.69, 9.17) is 4.42 Å². The molecule has 5 heteroatoms. The second kappa shape index (κ2) is 15.7. The van der Waals surface area contributed by atoms with Crippen LogP contribution in [0.3, 0.4) is 0 Å². The Labute approximate surface area is 451 Å². The number of hydrogen-bond acceptors (Lipinski definition) is 4. The van der Waals surface area contributed by atoms with Crippen LogP contribution in [0.15, 0.2) is 186 Å². The van der Waals surface area contributed by atoms with Gasteiger partial charge in [0.2, 0.25) is 0 Å². The highest BCUT2D eigenvalue weighted by Crippen LogP contribution is 2.59. The van der Waals surface area contributed by atoms with E-state index >= 15 is 0 Å². The minimum absolute atomic E-state index is 0.00900. The Hall–Kier alpha value is -7.60. The molecule has 4 heterocycles. The maximum atomic E-state index is 7.44. The van der Waals surface area contributed by atoms with Gasteiger partial charge in [0.25, 0.3) is 0 Å². The van der Waals surface area contributed by atoms with Gasteiger partial charge in [-0.15, -0.1) is 11.3 Å². The van der Waals surface area contributed by atoms with Gasteiger partial charge >= 0.3 is 6.85 Å². The number of rotatable bonds is 4. The molecule has 0 radical (unpaired) electrons. The largest absolute Gasteiger partial charge is 0.454 e. The fourth-order valence-electron chi connectivity index (χ4n) is 14.0. The minimum Gasteiger partial charge on any atom is -0.454 e. The van der Waals surface area contributed by atoms with Gasteiger partial charge in [0.1, 0.15) is 5.58 Å². The summed E-state index contributed by atoms with van der Waals surface area (Å²) in [6.45, 7) is 21.5. The highest BCUT2D eigenvalue weighted by molar-refractivity contribution is 7.32. The van der Waals surface area contributed by atoms with E-state index in [2.05, 4.69) is 254 Å². The van der Waals surface area contributed by atoms with Crippen molar-refractivity contribution in [2.24, 2.45) is 0 Å². The Morgan fingerprint density at radius 2 is 1.14 bits per heavy atom. The van der Waals surface area contributed by atoms with Crippen molar-refractivity contribution in [2.75, 3.05) is 9.71 Å². The van der Waals surface area contributed by atoms with Crippen molar-refractivity contribution in [3.8, 4) is 44.5 Å². The Bertz CT molecular complexity index is 4250. The van der Waals surface area contributed by atoms with Gasteiger partial charge in [-0.25, -0.2) is 0 Å². The Morgan fingerprint density at radius 1 is 0.487 bits per heavy atom. The molecule has 0 atom stereocenters. The molecule has 3 nitrogen and oxygen atoms in total. The van der Waals surface area contributed by atoms with Crippen molar-refractivity contribution < 1.29 is 4.42 Å². The molecule has 0 saturated carbocycles. The monoisotopic (exact) mass is 1000 g/mol. The van der Waals surface area contributed by atoms with E-state index in [1.54, 1.807) is 0 Å². The van der Waals surface area contributed by atoms with E-state index < -0.39 is 0 Å². The molecular weight excluding hydrogens is 940 g/mol. The molecule has 370 valence electrons. The lowest BCUT2D eigenvalue weighted by molar-refractivity contribution is 0.332. The summed E-state index contributed by atoms with van der Waals surface area (Å²) in [5, 5.41) is 3.57. The third-order valence-electron chi connectivity index (χ3n) is 18.3. The van der Waals surface area contributed by atoms with Crippen LogP contribution < -0.4 is 20.0 Å². The summed E-state index contributed by atoms with van der Waals surface area (Å²) in [7, 11) is 0. The molecule has 76 heavy (non-hydrogen) atoms. The molecule has 2 aromatic heterocycles. The fraction of sp³-hybridized carbons (Fsp3) is 0.211. The molecule has 0 unspecified atom stereocenters. The van der Waals surface area contributed by atoms with Crippen LogP contribution in [0.5, 0.6) is 0 Å². The minimum atomic E-state index is -0.197. The maximum Gasteiger partial charge on any atom is 0.343 e. The summed E-state index contributed by atoms with van der Waals surface area (Å²) in [5.74, 6) is 0. The van der Waals surface area contributed by atoms with Crippen LogP contribution in [0.1, 0.15) is 103 Å². The van der Waals surface area contributed by atoms with E-state index in [1.807, 2.05) is 11.3 Å². The summed E-state index contributed by atoms with van der Waals surface area (Å²) >= 11 is 2.00. The molecular formula is C71H61BN2OS. The van der Waals surface area contributed by atoms with Crippen molar-refractivity contribution in [3.05, 3.63) is 210 Å². The van der Waals surface area contributed by atoms with Crippen LogP contribution >= 0.6 is 11.3 Å². The van der Waals surface area contributed by atoms with Crippen LogP contribution in [0.25, 0.3) is 76.5 Å². The molecule has 0 amide bonds. The smallest absolute Gasteiger partial charge is 0.343 e. The number of benzene rings is 9. The van der Waals surface area contributed by atoms with Crippen LogP contribution in [0.4, 0.5) is 28.4 Å². The van der Waals surface area contributed by atoms with Crippen molar-refractivity contribution in [2.45, 2.75) is 96.8 Å². The summed E-state index contributed by atoms with van der Waals surface area (Å²) in [4.78, 5) is 5.41. The van der Waals surface area contributed by atoms with Gasteiger partial charge < -0.3 is 14.1 Å². The lowest BCUT2D eigenvalue weighted by Gasteiger charge is -2.45. The van der Waals surface area contributed by atoms with Crippen LogP contribution in [0, 0.1) is 0 Å². The second-order valence-corrected chi connectivity index (χ2v) is 26.2. The van der Waals surface area contributed by atoms with Gasteiger partial charge in [0, 0.05) is 53.6 Å². The third kappa shape index (κ3) is 6.42. The first-order valence-corrected chi connectivity index (χ1v) is 28.2.